The van der Waals surface area contributed by atoms with Gasteiger partial charge in [0.2, 0.25) is 0 Å². The predicted molar refractivity (Wildman–Crippen MR) is 75.4 cm³/mol. The maximum Gasteiger partial charge on any atom is 0.341 e. The van der Waals surface area contributed by atoms with Crippen LogP contribution in [0.25, 0.3) is 0 Å². The van der Waals surface area contributed by atoms with Gasteiger partial charge in [-0.25, -0.2) is 4.79 Å². The summed E-state index contributed by atoms with van der Waals surface area (Å²) in [7, 11) is 0. The van der Waals surface area contributed by atoms with Crippen LogP contribution in [0.2, 0.25) is 0 Å². The Balaban J connectivity index is 0.000000218. The van der Waals surface area contributed by atoms with E-state index in [4.69, 9.17) is 9.84 Å². The van der Waals surface area contributed by atoms with Crippen molar-refractivity contribution >= 4 is 27.7 Å². The number of ether oxygens (including phenoxy) is 1. The molecule has 0 unspecified atom stereocenters. The Morgan fingerprint density at radius 1 is 1.16 bits per heavy atom. The largest absolute Gasteiger partial charge is 0.482 e. The minimum Gasteiger partial charge on any atom is -0.482 e. The van der Waals surface area contributed by atoms with E-state index >= 15 is 0 Å². The number of hydrogen-bond donors (Lipinski definition) is 1. The zero-order chi connectivity index (χ0) is 14.1. The average Bonchev–Trinajstić information content (AvgIpc) is 2.40. The topological polar surface area (TPSA) is 63.6 Å². The van der Waals surface area contributed by atoms with Gasteiger partial charge in [0, 0.05) is 17.3 Å². The minimum absolute atomic E-state index is 0.304. The molecule has 4 nitrogen and oxygen atoms in total. The molecule has 0 saturated heterocycles. The van der Waals surface area contributed by atoms with Crippen LogP contribution in [0.4, 0.5) is 0 Å². The van der Waals surface area contributed by atoms with Crippen LogP contribution in [-0.4, -0.2) is 23.5 Å². The highest BCUT2D eigenvalue weighted by Gasteiger charge is 2.06. The predicted octanol–water partition coefficient (Wildman–Crippen LogP) is 3.43. The summed E-state index contributed by atoms with van der Waals surface area (Å²) in [6.07, 6.45) is 5.24. The summed E-state index contributed by atoms with van der Waals surface area (Å²) in [5.41, 5.74) is 0. The molecule has 1 saturated carbocycles. The quantitative estimate of drug-likeness (QED) is 0.923. The minimum atomic E-state index is -0.974. The third-order valence-electron chi connectivity index (χ3n) is 2.59. The summed E-state index contributed by atoms with van der Waals surface area (Å²) < 4.78 is 5.84. The van der Waals surface area contributed by atoms with Crippen molar-refractivity contribution in [3.63, 3.8) is 0 Å². The number of halogens is 1. The zero-order valence-corrected chi connectivity index (χ0v) is 12.2. The van der Waals surface area contributed by atoms with Gasteiger partial charge in [-0.3, -0.25) is 4.79 Å². The van der Waals surface area contributed by atoms with Crippen LogP contribution in [0, 0.1) is 0 Å². The zero-order valence-electron chi connectivity index (χ0n) is 10.6. The molecule has 1 N–H and O–H groups in total. The molecular weight excluding hydrogens is 312 g/mol. The van der Waals surface area contributed by atoms with Crippen LogP contribution < -0.4 is 4.74 Å². The number of hydrogen-bond acceptors (Lipinski definition) is 3. The second kappa shape index (κ2) is 8.69. The summed E-state index contributed by atoms with van der Waals surface area (Å²) in [6.45, 7) is -0.304. The van der Waals surface area contributed by atoms with Crippen LogP contribution in [0.5, 0.6) is 5.75 Å². The van der Waals surface area contributed by atoms with E-state index in [1.165, 1.54) is 6.42 Å². The normalized spacial score (nSPS) is 14.3. The molecule has 2 rings (SSSR count). The summed E-state index contributed by atoms with van der Waals surface area (Å²) in [6, 6.07) is 6.98. The van der Waals surface area contributed by atoms with Gasteiger partial charge in [-0.05, 0) is 37.1 Å². The molecule has 0 spiro atoms. The Morgan fingerprint density at radius 3 is 2.16 bits per heavy atom. The lowest BCUT2D eigenvalue weighted by Gasteiger charge is -2.05. The van der Waals surface area contributed by atoms with Gasteiger partial charge in [0.15, 0.2) is 6.61 Å². The SMILES string of the molecule is O=C(O)COc1ccc(Br)cc1.O=C1CCCCC1. The number of carbonyl (C=O) groups is 2. The van der Waals surface area contributed by atoms with Gasteiger partial charge in [0.1, 0.15) is 11.5 Å². The molecule has 5 heteroatoms. The highest BCUT2D eigenvalue weighted by Crippen LogP contribution is 2.15. The van der Waals surface area contributed by atoms with E-state index in [9.17, 15) is 9.59 Å². The maximum absolute atomic E-state index is 10.5. The number of carboxylic acid groups (broad SMARTS) is 1. The van der Waals surface area contributed by atoms with Crippen molar-refractivity contribution < 1.29 is 19.4 Å². The first-order valence-electron chi connectivity index (χ1n) is 6.20. The second-order valence-corrected chi connectivity index (χ2v) is 5.15. The maximum atomic E-state index is 10.5. The highest BCUT2D eigenvalue weighted by molar-refractivity contribution is 9.10. The number of carboxylic acids is 1. The van der Waals surface area contributed by atoms with Crippen LogP contribution in [0.15, 0.2) is 28.7 Å². The molecule has 1 aromatic rings. The van der Waals surface area contributed by atoms with Crippen LogP contribution in [-0.2, 0) is 9.59 Å². The molecule has 1 aliphatic rings. The molecule has 1 aromatic carbocycles. The molecule has 0 atom stereocenters. The Kier molecular flexibility index (Phi) is 7.18. The van der Waals surface area contributed by atoms with Crippen molar-refractivity contribution in [1.29, 1.82) is 0 Å². The number of Topliss-reactive ketones (excluding diaryl/α,β-unsaturated/α-hetero) is 1. The molecule has 0 heterocycles. The Hall–Kier alpha value is -1.36. The van der Waals surface area contributed by atoms with Crippen molar-refractivity contribution in [2.45, 2.75) is 32.1 Å². The van der Waals surface area contributed by atoms with Gasteiger partial charge in [0.05, 0.1) is 0 Å². The van der Waals surface area contributed by atoms with Gasteiger partial charge in [-0.15, -0.1) is 0 Å². The molecule has 0 bridgehead atoms. The average molecular weight is 329 g/mol. The molecule has 1 fully saturated rings. The molecular formula is C14H17BrO4. The first-order valence-corrected chi connectivity index (χ1v) is 6.99. The van der Waals surface area contributed by atoms with Gasteiger partial charge in [-0.1, -0.05) is 22.4 Å². The van der Waals surface area contributed by atoms with Crippen molar-refractivity contribution in [3.05, 3.63) is 28.7 Å². The third-order valence-corrected chi connectivity index (χ3v) is 3.12. The first kappa shape index (κ1) is 15.7. The lowest BCUT2D eigenvalue weighted by atomic mass is 10.00. The second-order valence-electron chi connectivity index (χ2n) is 4.24. The van der Waals surface area contributed by atoms with E-state index in [-0.39, 0.29) is 6.61 Å². The van der Waals surface area contributed by atoms with Crippen molar-refractivity contribution in [3.8, 4) is 5.75 Å². The van der Waals surface area contributed by atoms with Crippen LogP contribution >= 0.6 is 15.9 Å². The number of carbonyl (C=O) groups excluding carboxylic acids is 1. The standard InChI is InChI=1S/C8H7BrO3.C6H10O/c9-6-1-3-7(4-2-6)12-5-8(10)11;7-6-4-2-1-3-5-6/h1-4H,5H2,(H,10,11);1-5H2. The Morgan fingerprint density at radius 2 is 1.74 bits per heavy atom. The van der Waals surface area contributed by atoms with Gasteiger partial charge >= 0.3 is 5.97 Å². The van der Waals surface area contributed by atoms with Crippen molar-refractivity contribution in [2.24, 2.45) is 0 Å². The number of rotatable bonds is 3. The molecule has 1 aliphatic carbocycles. The van der Waals surface area contributed by atoms with Crippen LogP contribution in [0.1, 0.15) is 32.1 Å². The van der Waals surface area contributed by atoms with Gasteiger partial charge < -0.3 is 9.84 Å². The number of aliphatic carboxylic acids is 1. The van der Waals surface area contributed by atoms with Crippen LogP contribution in [0.3, 0.4) is 0 Å². The highest BCUT2D eigenvalue weighted by atomic mass is 79.9. The molecule has 0 radical (unpaired) electrons. The lowest BCUT2D eigenvalue weighted by molar-refractivity contribution is -0.139. The Labute approximate surface area is 120 Å². The molecule has 19 heavy (non-hydrogen) atoms. The first-order chi connectivity index (χ1) is 9.08. The number of benzene rings is 1. The fraction of sp³-hybridized carbons (Fsp3) is 0.429. The summed E-state index contributed by atoms with van der Waals surface area (Å²) in [4.78, 5) is 20.6. The Bertz CT molecular complexity index is 406. The van der Waals surface area contributed by atoms with E-state index in [1.54, 1.807) is 24.3 Å². The smallest absolute Gasteiger partial charge is 0.341 e. The van der Waals surface area contributed by atoms with E-state index in [2.05, 4.69) is 15.9 Å². The molecule has 0 aliphatic heterocycles. The molecule has 0 amide bonds. The summed E-state index contributed by atoms with van der Waals surface area (Å²) in [5.74, 6) is 0.0461. The summed E-state index contributed by atoms with van der Waals surface area (Å²) >= 11 is 3.25. The van der Waals surface area contributed by atoms with E-state index in [0.717, 1.165) is 30.2 Å². The fourth-order valence-corrected chi connectivity index (χ4v) is 1.89. The number of ketones is 1. The lowest BCUT2D eigenvalue weighted by Crippen LogP contribution is -2.09. The molecule has 104 valence electrons. The van der Waals surface area contributed by atoms with Crippen molar-refractivity contribution in [2.75, 3.05) is 6.61 Å². The van der Waals surface area contributed by atoms with Gasteiger partial charge in [-0.2, -0.15) is 0 Å². The monoisotopic (exact) mass is 328 g/mol. The van der Waals surface area contributed by atoms with E-state index < -0.39 is 5.97 Å². The third kappa shape index (κ3) is 7.62. The van der Waals surface area contributed by atoms with Crippen molar-refractivity contribution in [1.82, 2.24) is 0 Å². The van der Waals surface area contributed by atoms with E-state index in [0.29, 0.717) is 11.5 Å². The summed E-state index contributed by atoms with van der Waals surface area (Å²) in [5, 5.41) is 8.30. The molecule has 0 aromatic heterocycles. The van der Waals surface area contributed by atoms with E-state index in [1.807, 2.05) is 0 Å². The fourth-order valence-electron chi connectivity index (χ4n) is 1.62. The van der Waals surface area contributed by atoms with Gasteiger partial charge in [0.25, 0.3) is 0 Å².